The van der Waals surface area contributed by atoms with E-state index in [4.69, 9.17) is 5.73 Å². The van der Waals surface area contributed by atoms with Crippen LogP contribution in [0.25, 0.3) is 0 Å². The molecule has 2 heteroatoms. The van der Waals surface area contributed by atoms with Gasteiger partial charge >= 0.3 is 0 Å². The summed E-state index contributed by atoms with van der Waals surface area (Å²) in [5.41, 5.74) is 12.0. The first-order valence-electron chi connectivity index (χ1n) is 7.21. The Labute approximate surface area is 122 Å². The van der Waals surface area contributed by atoms with Crippen molar-refractivity contribution in [2.45, 2.75) is 33.9 Å². The number of benzene rings is 2. The minimum Gasteiger partial charge on any atom is -0.399 e. The Bertz CT molecular complexity index is 575. The second-order valence-electron chi connectivity index (χ2n) is 5.47. The highest BCUT2D eigenvalue weighted by molar-refractivity contribution is 5.40. The van der Waals surface area contributed by atoms with E-state index in [2.05, 4.69) is 56.0 Å². The normalized spacial score (nSPS) is 11.0. The van der Waals surface area contributed by atoms with Crippen molar-refractivity contribution in [3.8, 4) is 0 Å². The van der Waals surface area contributed by atoms with Crippen LogP contribution in [0.5, 0.6) is 0 Å². The van der Waals surface area contributed by atoms with Crippen LogP contribution in [0.2, 0.25) is 0 Å². The average Bonchev–Trinajstić information content (AvgIpc) is 2.42. The van der Waals surface area contributed by atoms with Gasteiger partial charge in [0, 0.05) is 18.8 Å². The van der Waals surface area contributed by atoms with Gasteiger partial charge in [-0.2, -0.15) is 0 Å². The summed E-state index contributed by atoms with van der Waals surface area (Å²) in [5, 5.41) is 0. The molecule has 0 saturated heterocycles. The molecule has 0 aliphatic rings. The van der Waals surface area contributed by atoms with E-state index < -0.39 is 0 Å². The Balaban J connectivity index is 2.07. The van der Waals surface area contributed by atoms with Crippen LogP contribution in [-0.2, 0) is 13.1 Å². The molecule has 0 unspecified atom stereocenters. The molecule has 2 nitrogen and oxygen atoms in total. The Morgan fingerprint density at radius 2 is 1.60 bits per heavy atom. The first-order chi connectivity index (χ1) is 9.58. The fourth-order valence-corrected chi connectivity index (χ4v) is 2.39. The molecule has 106 valence electrons. The van der Waals surface area contributed by atoms with Gasteiger partial charge < -0.3 is 5.73 Å². The predicted molar refractivity (Wildman–Crippen MR) is 86.6 cm³/mol. The van der Waals surface area contributed by atoms with Crippen molar-refractivity contribution in [1.29, 1.82) is 0 Å². The highest BCUT2D eigenvalue weighted by Crippen LogP contribution is 2.15. The second-order valence-corrected chi connectivity index (χ2v) is 5.47. The molecule has 2 N–H and O–H groups in total. The predicted octanol–water partition coefficient (Wildman–Crippen LogP) is 3.91. The third kappa shape index (κ3) is 3.84. The Hall–Kier alpha value is -1.80. The molecule has 0 saturated carbocycles. The number of nitrogens with zero attached hydrogens (tertiary/aromatic N) is 1. The molecule has 0 radical (unpaired) electrons. The van der Waals surface area contributed by atoms with E-state index in [0.29, 0.717) is 0 Å². The Kier molecular flexibility index (Phi) is 4.80. The highest BCUT2D eigenvalue weighted by Gasteiger charge is 2.06. The lowest BCUT2D eigenvalue weighted by Crippen LogP contribution is -2.22. The summed E-state index contributed by atoms with van der Waals surface area (Å²) < 4.78 is 0. The maximum Gasteiger partial charge on any atom is 0.0317 e. The maximum absolute atomic E-state index is 5.85. The quantitative estimate of drug-likeness (QED) is 0.833. The van der Waals surface area contributed by atoms with Crippen molar-refractivity contribution in [3.05, 3.63) is 64.7 Å². The number of nitrogens with two attached hydrogens (primary N) is 1. The summed E-state index contributed by atoms with van der Waals surface area (Å²) in [7, 11) is 0. The zero-order valence-electron chi connectivity index (χ0n) is 12.7. The largest absolute Gasteiger partial charge is 0.399 e. The van der Waals surface area contributed by atoms with Crippen LogP contribution in [0.15, 0.2) is 42.5 Å². The number of hydrogen-bond donors (Lipinski definition) is 1. The SMILES string of the molecule is CCN(Cc1cccc(N)c1)Cc1ccc(C)c(C)c1. The van der Waals surface area contributed by atoms with Gasteiger partial charge in [0.05, 0.1) is 0 Å². The van der Waals surface area contributed by atoms with Crippen molar-refractivity contribution in [1.82, 2.24) is 4.90 Å². The van der Waals surface area contributed by atoms with Gasteiger partial charge in [-0.3, -0.25) is 4.90 Å². The topological polar surface area (TPSA) is 29.3 Å². The Morgan fingerprint density at radius 1 is 0.900 bits per heavy atom. The summed E-state index contributed by atoms with van der Waals surface area (Å²) in [6.07, 6.45) is 0. The molecule has 0 fully saturated rings. The molecular formula is C18H24N2. The molecule has 2 aromatic rings. The van der Waals surface area contributed by atoms with Crippen LogP contribution < -0.4 is 5.73 Å². The zero-order valence-corrected chi connectivity index (χ0v) is 12.7. The van der Waals surface area contributed by atoms with Crippen LogP contribution >= 0.6 is 0 Å². The lowest BCUT2D eigenvalue weighted by atomic mass is 10.1. The van der Waals surface area contributed by atoms with Crippen LogP contribution in [-0.4, -0.2) is 11.4 Å². The molecule has 2 aromatic carbocycles. The summed E-state index contributed by atoms with van der Waals surface area (Å²) in [4.78, 5) is 2.43. The van der Waals surface area contributed by atoms with E-state index in [0.717, 1.165) is 25.3 Å². The van der Waals surface area contributed by atoms with E-state index in [1.807, 2.05) is 12.1 Å². The summed E-state index contributed by atoms with van der Waals surface area (Å²) in [6.45, 7) is 9.48. The van der Waals surface area contributed by atoms with Crippen molar-refractivity contribution in [3.63, 3.8) is 0 Å². The lowest BCUT2D eigenvalue weighted by molar-refractivity contribution is 0.271. The van der Waals surface area contributed by atoms with E-state index >= 15 is 0 Å². The second kappa shape index (κ2) is 6.58. The molecule has 0 atom stereocenters. The lowest BCUT2D eigenvalue weighted by Gasteiger charge is -2.21. The highest BCUT2D eigenvalue weighted by atomic mass is 15.1. The molecule has 20 heavy (non-hydrogen) atoms. The molecule has 0 aromatic heterocycles. The van der Waals surface area contributed by atoms with Crippen molar-refractivity contribution < 1.29 is 0 Å². The molecule has 0 heterocycles. The molecule has 0 aliphatic carbocycles. The standard InChI is InChI=1S/C18H24N2/c1-4-20(12-16-6-5-7-18(19)11-16)13-17-9-8-14(2)15(3)10-17/h5-11H,4,12-13,19H2,1-3H3. The van der Waals surface area contributed by atoms with Crippen LogP contribution in [0.4, 0.5) is 5.69 Å². The van der Waals surface area contributed by atoms with Gasteiger partial charge in [0.15, 0.2) is 0 Å². The van der Waals surface area contributed by atoms with Gasteiger partial charge in [-0.05, 0) is 54.8 Å². The maximum atomic E-state index is 5.85. The van der Waals surface area contributed by atoms with E-state index in [-0.39, 0.29) is 0 Å². The first kappa shape index (κ1) is 14.6. The van der Waals surface area contributed by atoms with Crippen LogP contribution in [0.1, 0.15) is 29.2 Å². The van der Waals surface area contributed by atoms with Crippen molar-refractivity contribution >= 4 is 5.69 Å². The minimum absolute atomic E-state index is 0.838. The van der Waals surface area contributed by atoms with Crippen LogP contribution in [0, 0.1) is 13.8 Å². The fourth-order valence-electron chi connectivity index (χ4n) is 2.39. The van der Waals surface area contributed by atoms with E-state index in [1.165, 1.54) is 22.3 Å². The van der Waals surface area contributed by atoms with E-state index in [1.54, 1.807) is 0 Å². The average molecular weight is 268 g/mol. The third-order valence-corrected chi connectivity index (χ3v) is 3.78. The van der Waals surface area contributed by atoms with Gasteiger partial charge in [-0.15, -0.1) is 0 Å². The monoisotopic (exact) mass is 268 g/mol. The van der Waals surface area contributed by atoms with Crippen molar-refractivity contribution in [2.24, 2.45) is 0 Å². The first-order valence-corrected chi connectivity index (χ1v) is 7.21. The number of rotatable bonds is 5. The molecular weight excluding hydrogens is 244 g/mol. The number of nitrogen functional groups attached to an aromatic ring is 1. The molecule has 2 rings (SSSR count). The van der Waals surface area contributed by atoms with Crippen molar-refractivity contribution in [2.75, 3.05) is 12.3 Å². The number of aryl methyl sites for hydroxylation is 2. The smallest absolute Gasteiger partial charge is 0.0317 e. The van der Waals surface area contributed by atoms with Crippen LogP contribution in [0.3, 0.4) is 0 Å². The molecule has 0 aliphatic heterocycles. The van der Waals surface area contributed by atoms with E-state index in [9.17, 15) is 0 Å². The summed E-state index contributed by atoms with van der Waals surface area (Å²) in [5.74, 6) is 0. The van der Waals surface area contributed by atoms with Gasteiger partial charge in [0.1, 0.15) is 0 Å². The fraction of sp³-hybridized carbons (Fsp3) is 0.333. The van der Waals surface area contributed by atoms with Gasteiger partial charge in [0.2, 0.25) is 0 Å². The third-order valence-electron chi connectivity index (χ3n) is 3.78. The van der Waals surface area contributed by atoms with Gasteiger partial charge in [-0.25, -0.2) is 0 Å². The summed E-state index contributed by atoms with van der Waals surface area (Å²) in [6, 6.07) is 14.9. The Morgan fingerprint density at radius 3 is 2.20 bits per heavy atom. The molecule has 0 bridgehead atoms. The zero-order chi connectivity index (χ0) is 14.5. The van der Waals surface area contributed by atoms with Gasteiger partial charge in [-0.1, -0.05) is 37.3 Å². The number of anilines is 1. The molecule has 0 spiro atoms. The summed E-state index contributed by atoms with van der Waals surface area (Å²) >= 11 is 0. The van der Waals surface area contributed by atoms with Gasteiger partial charge in [0.25, 0.3) is 0 Å². The molecule has 0 amide bonds. The number of hydrogen-bond acceptors (Lipinski definition) is 2. The minimum atomic E-state index is 0.838.